The highest BCUT2D eigenvalue weighted by atomic mass is 19.1. The predicted octanol–water partition coefficient (Wildman–Crippen LogP) is 4.53. The average molecular weight is 460 g/mol. The normalized spacial score (nSPS) is 15.1. The number of amides is 2. The van der Waals surface area contributed by atoms with Crippen molar-refractivity contribution in [3.8, 4) is 11.1 Å². The summed E-state index contributed by atoms with van der Waals surface area (Å²) in [5, 5.41) is 14.0. The van der Waals surface area contributed by atoms with E-state index >= 15 is 0 Å². The molecule has 34 heavy (non-hydrogen) atoms. The number of hydrogen-bond donors (Lipinski definition) is 3. The van der Waals surface area contributed by atoms with Crippen LogP contribution in [-0.4, -0.2) is 35.2 Å². The quantitative estimate of drug-likeness (QED) is 0.501. The molecule has 172 valence electrons. The number of carboxylic acid groups (broad SMARTS) is 1. The van der Waals surface area contributed by atoms with Gasteiger partial charge in [0.05, 0.1) is 5.69 Å². The van der Waals surface area contributed by atoms with Gasteiger partial charge in [0.15, 0.2) is 0 Å². The van der Waals surface area contributed by atoms with Crippen LogP contribution in [0.25, 0.3) is 11.1 Å². The Bertz CT molecular complexity index is 1270. The number of carboxylic acids is 1. The van der Waals surface area contributed by atoms with E-state index in [1.807, 2.05) is 48.5 Å². The van der Waals surface area contributed by atoms with E-state index in [-0.39, 0.29) is 23.8 Å². The summed E-state index contributed by atoms with van der Waals surface area (Å²) in [5.41, 5.74) is 2.87. The van der Waals surface area contributed by atoms with Gasteiger partial charge in [-0.25, -0.2) is 14.0 Å². The van der Waals surface area contributed by atoms with Crippen LogP contribution in [0.3, 0.4) is 0 Å². The minimum absolute atomic E-state index is 0.0388. The van der Waals surface area contributed by atoms with Crippen LogP contribution in [0.15, 0.2) is 66.7 Å². The molecule has 0 heterocycles. The van der Waals surface area contributed by atoms with E-state index in [9.17, 15) is 23.9 Å². The van der Waals surface area contributed by atoms with Crippen LogP contribution in [0.1, 0.15) is 40.2 Å². The Morgan fingerprint density at radius 2 is 1.59 bits per heavy atom. The SMILES string of the molecule is O=C(Nc1ccc(C(=O)NC2(C(=O)O)CC2)cc1F)OCC1c2ccccc2-c2ccccc21. The van der Waals surface area contributed by atoms with Gasteiger partial charge in [-0.1, -0.05) is 48.5 Å². The van der Waals surface area contributed by atoms with Gasteiger partial charge in [0, 0.05) is 11.5 Å². The van der Waals surface area contributed by atoms with E-state index in [2.05, 4.69) is 10.6 Å². The van der Waals surface area contributed by atoms with E-state index in [1.54, 1.807) is 0 Å². The van der Waals surface area contributed by atoms with Gasteiger partial charge < -0.3 is 15.2 Å². The first-order valence-corrected chi connectivity index (χ1v) is 10.9. The molecule has 0 saturated heterocycles. The summed E-state index contributed by atoms with van der Waals surface area (Å²) < 4.78 is 20.0. The number of benzene rings is 3. The van der Waals surface area contributed by atoms with Crippen molar-refractivity contribution in [3.05, 3.63) is 89.2 Å². The maximum Gasteiger partial charge on any atom is 0.411 e. The number of aliphatic carboxylic acids is 1. The number of carbonyl (C=O) groups excluding carboxylic acids is 2. The molecule has 2 aliphatic carbocycles. The Morgan fingerprint density at radius 1 is 0.971 bits per heavy atom. The molecule has 8 heteroatoms. The maximum atomic E-state index is 14.5. The molecule has 0 unspecified atom stereocenters. The molecule has 2 aliphatic rings. The van der Waals surface area contributed by atoms with Crippen molar-refractivity contribution in [3.63, 3.8) is 0 Å². The molecule has 0 spiro atoms. The first-order valence-electron chi connectivity index (χ1n) is 10.9. The van der Waals surface area contributed by atoms with Crippen LogP contribution in [0, 0.1) is 5.82 Å². The predicted molar refractivity (Wildman–Crippen MR) is 122 cm³/mol. The Balaban J connectivity index is 1.23. The topological polar surface area (TPSA) is 105 Å². The number of rotatable bonds is 6. The third-order valence-corrected chi connectivity index (χ3v) is 6.32. The summed E-state index contributed by atoms with van der Waals surface area (Å²) in [6.07, 6.45) is -0.156. The highest BCUT2D eigenvalue weighted by Crippen LogP contribution is 2.44. The lowest BCUT2D eigenvalue weighted by molar-refractivity contribution is -0.140. The van der Waals surface area contributed by atoms with Gasteiger partial charge in [0.1, 0.15) is 18.0 Å². The lowest BCUT2D eigenvalue weighted by Crippen LogP contribution is -2.43. The fourth-order valence-corrected chi connectivity index (χ4v) is 4.31. The summed E-state index contributed by atoms with van der Waals surface area (Å²) in [6.45, 7) is 0.0826. The standard InChI is InChI=1S/C26H21FN2O5/c27-21-13-15(23(30)29-26(11-12-26)24(31)32)9-10-22(21)28-25(33)34-14-20-18-7-3-1-5-16(18)17-6-2-4-8-19(17)20/h1-10,13,20H,11-12,14H2,(H,28,33)(H,29,30)(H,31,32). The first kappa shape index (κ1) is 21.6. The van der Waals surface area contributed by atoms with Gasteiger partial charge >= 0.3 is 12.1 Å². The van der Waals surface area contributed by atoms with Crippen LogP contribution in [0.5, 0.6) is 0 Å². The molecule has 0 atom stereocenters. The minimum atomic E-state index is -1.27. The Morgan fingerprint density at radius 3 is 2.15 bits per heavy atom. The number of anilines is 1. The zero-order chi connectivity index (χ0) is 23.9. The van der Waals surface area contributed by atoms with Gasteiger partial charge in [-0.3, -0.25) is 10.1 Å². The lowest BCUT2D eigenvalue weighted by Gasteiger charge is -2.15. The highest BCUT2D eigenvalue weighted by molar-refractivity contribution is 5.99. The Kier molecular flexibility index (Phi) is 5.28. The van der Waals surface area contributed by atoms with E-state index in [0.29, 0.717) is 12.8 Å². The second kappa shape index (κ2) is 8.30. The third kappa shape index (κ3) is 3.87. The van der Waals surface area contributed by atoms with Crippen molar-refractivity contribution in [2.75, 3.05) is 11.9 Å². The van der Waals surface area contributed by atoms with Crippen LogP contribution < -0.4 is 10.6 Å². The molecule has 3 aromatic rings. The molecule has 0 aromatic heterocycles. The number of nitrogens with one attached hydrogen (secondary N) is 2. The molecule has 0 aliphatic heterocycles. The average Bonchev–Trinajstić information content (AvgIpc) is 3.55. The van der Waals surface area contributed by atoms with Crippen LogP contribution >= 0.6 is 0 Å². The number of halogens is 1. The summed E-state index contributed by atoms with van der Waals surface area (Å²) >= 11 is 0. The summed E-state index contributed by atoms with van der Waals surface area (Å²) in [6, 6.07) is 19.4. The summed E-state index contributed by atoms with van der Waals surface area (Å²) in [4.78, 5) is 35.9. The molecule has 7 nitrogen and oxygen atoms in total. The number of fused-ring (bicyclic) bond motifs is 3. The fraction of sp³-hybridized carbons (Fsp3) is 0.192. The number of hydrogen-bond acceptors (Lipinski definition) is 4. The van der Waals surface area contributed by atoms with Gasteiger partial charge in [0.2, 0.25) is 0 Å². The number of carbonyl (C=O) groups is 3. The Labute approximate surface area is 194 Å². The molecule has 0 radical (unpaired) electrons. The molecule has 5 rings (SSSR count). The molecular formula is C26H21FN2O5. The van der Waals surface area contributed by atoms with E-state index < -0.39 is 29.3 Å². The van der Waals surface area contributed by atoms with Crippen LogP contribution in [0.2, 0.25) is 0 Å². The summed E-state index contributed by atoms with van der Waals surface area (Å²) in [5.74, 6) is -2.76. The monoisotopic (exact) mass is 460 g/mol. The third-order valence-electron chi connectivity index (χ3n) is 6.32. The van der Waals surface area contributed by atoms with Crippen LogP contribution in [-0.2, 0) is 9.53 Å². The smallest absolute Gasteiger partial charge is 0.411 e. The Hall–Kier alpha value is -4.20. The zero-order valence-electron chi connectivity index (χ0n) is 18.0. The largest absolute Gasteiger partial charge is 0.480 e. The molecule has 2 amide bonds. The molecule has 3 N–H and O–H groups in total. The summed E-state index contributed by atoms with van der Waals surface area (Å²) in [7, 11) is 0. The molecule has 3 aromatic carbocycles. The zero-order valence-corrected chi connectivity index (χ0v) is 18.0. The van der Waals surface area contributed by atoms with E-state index in [0.717, 1.165) is 28.3 Å². The molecule has 1 fully saturated rings. The van der Waals surface area contributed by atoms with Gasteiger partial charge in [-0.2, -0.15) is 0 Å². The van der Waals surface area contributed by atoms with Crippen molar-refractivity contribution < 1.29 is 28.6 Å². The van der Waals surface area contributed by atoms with Gasteiger partial charge in [-0.15, -0.1) is 0 Å². The number of ether oxygens (including phenoxy) is 1. The second-order valence-electron chi connectivity index (χ2n) is 8.49. The maximum absolute atomic E-state index is 14.5. The second-order valence-corrected chi connectivity index (χ2v) is 8.49. The van der Waals surface area contributed by atoms with Crippen molar-refractivity contribution in [2.24, 2.45) is 0 Å². The minimum Gasteiger partial charge on any atom is -0.480 e. The molecular weight excluding hydrogens is 439 g/mol. The fourth-order valence-electron chi connectivity index (χ4n) is 4.31. The van der Waals surface area contributed by atoms with Crippen LogP contribution in [0.4, 0.5) is 14.9 Å². The van der Waals surface area contributed by atoms with E-state index in [1.165, 1.54) is 12.1 Å². The highest BCUT2D eigenvalue weighted by Gasteiger charge is 2.51. The van der Waals surface area contributed by atoms with Crippen molar-refractivity contribution >= 4 is 23.7 Å². The molecule has 0 bridgehead atoms. The van der Waals surface area contributed by atoms with Crippen molar-refractivity contribution in [2.45, 2.75) is 24.3 Å². The van der Waals surface area contributed by atoms with Crippen molar-refractivity contribution in [1.29, 1.82) is 0 Å². The van der Waals surface area contributed by atoms with Crippen molar-refractivity contribution in [1.82, 2.24) is 5.32 Å². The van der Waals surface area contributed by atoms with E-state index in [4.69, 9.17) is 4.74 Å². The lowest BCUT2D eigenvalue weighted by atomic mass is 9.98. The van der Waals surface area contributed by atoms with Gasteiger partial charge in [-0.05, 0) is 53.3 Å². The molecule has 1 saturated carbocycles. The van der Waals surface area contributed by atoms with Gasteiger partial charge in [0.25, 0.3) is 5.91 Å². The first-order chi connectivity index (χ1) is 16.4.